The zero-order valence-electron chi connectivity index (χ0n) is 14.5. The van der Waals surface area contributed by atoms with E-state index in [-0.39, 0.29) is 30.1 Å². The molecule has 2 atom stereocenters. The van der Waals surface area contributed by atoms with Gasteiger partial charge in [0, 0.05) is 36.9 Å². The summed E-state index contributed by atoms with van der Waals surface area (Å²) < 4.78 is 0.993. The number of hydrogen-bond acceptors (Lipinski definition) is 3. The lowest BCUT2D eigenvalue weighted by molar-refractivity contribution is -0.130. The molecule has 3 N–H and O–H groups in total. The van der Waals surface area contributed by atoms with Crippen LogP contribution in [0.25, 0.3) is 0 Å². The van der Waals surface area contributed by atoms with Crippen molar-refractivity contribution in [2.45, 2.75) is 32.2 Å². The third-order valence-electron chi connectivity index (χ3n) is 4.73. The first-order valence-electron chi connectivity index (χ1n) is 8.48. The number of carbonyl (C=O) groups excluding carboxylic acids is 2. The number of halogens is 2. The van der Waals surface area contributed by atoms with Crippen molar-refractivity contribution in [3.8, 4) is 0 Å². The van der Waals surface area contributed by atoms with Gasteiger partial charge in [-0.25, -0.2) is 0 Å². The Morgan fingerprint density at radius 3 is 2.72 bits per heavy atom. The number of rotatable bonds is 7. The summed E-state index contributed by atoms with van der Waals surface area (Å²) in [6.07, 6.45) is 3.31. The molecule has 1 saturated carbocycles. The minimum Gasteiger partial charge on any atom is -0.355 e. The van der Waals surface area contributed by atoms with Crippen LogP contribution in [0.2, 0.25) is 0 Å². The van der Waals surface area contributed by atoms with E-state index in [4.69, 9.17) is 5.73 Å². The lowest BCUT2D eigenvalue weighted by Gasteiger charge is -2.20. The monoisotopic (exact) mass is 431 g/mol. The Kier molecular flexibility index (Phi) is 9.46. The average molecular weight is 433 g/mol. The highest BCUT2D eigenvalue weighted by Gasteiger charge is 2.31. The molecule has 0 bridgehead atoms. The van der Waals surface area contributed by atoms with Crippen LogP contribution in [-0.4, -0.2) is 36.9 Å². The molecular formula is C18H27BrClN3O2. The molecule has 0 aliphatic heterocycles. The van der Waals surface area contributed by atoms with Crippen molar-refractivity contribution in [1.82, 2.24) is 10.2 Å². The lowest BCUT2D eigenvalue weighted by Crippen LogP contribution is -2.37. The second-order valence-corrected chi connectivity index (χ2v) is 7.27. The molecule has 2 rings (SSSR count). The fourth-order valence-corrected chi connectivity index (χ4v) is 3.66. The number of nitrogens with one attached hydrogen (secondary N) is 1. The van der Waals surface area contributed by atoms with Gasteiger partial charge in [0.1, 0.15) is 0 Å². The van der Waals surface area contributed by atoms with Gasteiger partial charge < -0.3 is 16.0 Å². The molecule has 1 fully saturated rings. The van der Waals surface area contributed by atoms with Gasteiger partial charge in [0.25, 0.3) is 0 Å². The molecule has 25 heavy (non-hydrogen) atoms. The Bertz CT molecular complexity index is 585. The summed E-state index contributed by atoms with van der Waals surface area (Å²) in [6.45, 7) is 1.49. The zero-order chi connectivity index (χ0) is 17.5. The van der Waals surface area contributed by atoms with E-state index in [0.717, 1.165) is 29.3 Å². The Morgan fingerprint density at radius 1 is 1.32 bits per heavy atom. The van der Waals surface area contributed by atoms with Crippen molar-refractivity contribution < 1.29 is 9.59 Å². The smallest absolute Gasteiger partial charge is 0.224 e. The molecule has 5 nitrogen and oxygen atoms in total. The van der Waals surface area contributed by atoms with Crippen LogP contribution in [0.5, 0.6) is 0 Å². The van der Waals surface area contributed by atoms with Gasteiger partial charge >= 0.3 is 0 Å². The van der Waals surface area contributed by atoms with Crippen molar-refractivity contribution in [2.24, 2.45) is 17.6 Å². The zero-order valence-corrected chi connectivity index (χ0v) is 16.9. The van der Waals surface area contributed by atoms with Gasteiger partial charge in [0.05, 0.1) is 0 Å². The molecule has 7 heteroatoms. The van der Waals surface area contributed by atoms with Gasteiger partial charge in [0.15, 0.2) is 0 Å². The Balaban J connectivity index is 0.00000312. The minimum atomic E-state index is 0. The Labute approximate surface area is 164 Å². The number of amides is 2. The van der Waals surface area contributed by atoms with Gasteiger partial charge in [-0.15, -0.1) is 12.4 Å². The number of benzene rings is 1. The average Bonchev–Trinajstić information content (AvgIpc) is 3.05. The molecule has 1 aromatic carbocycles. The maximum absolute atomic E-state index is 12.2. The highest BCUT2D eigenvalue weighted by atomic mass is 79.9. The highest BCUT2D eigenvalue weighted by molar-refractivity contribution is 9.10. The first-order chi connectivity index (χ1) is 11.5. The van der Waals surface area contributed by atoms with Crippen LogP contribution in [0.1, 0.15) is 31.2 Å². The summed E-state index contributed by atoms with van der Waals surface area (Å²) in [6, 6.07) is 7.85. The van der Waals surface area contributed by atoms with E-state index in [0.29, 0.717) is 32.0 Å². The van der Waals surface area contributed by atoms with E-state index in [1.54, 1.807) is 11.9 Å². The van der Waals surface area contributed by atoms with E-state index >= 15 is 0 Å². The molecule has 0 heterocycles. The van der Waals surface area contributed by atoms with Crippen LogP contribution in [0.15, 0.2) is 28.7 Å². The fourth-order valence-electron chi connectivity index (χ4n) is 3.25. The van der Waals surface area contributed by atoms with Crippen molar-refractivity contribution >= 4 is 40.2 Å². The normalized spacial score (nSPS) is 19.2. The molecule has 0 radical (unpaired) electrons. The second kappa shape index (κ2) is 10.8. The topological polar surface area (TPSA) is 75.4 Å². The maximum Gasteiger partial charge on any atom is 0.224 e. The summed E-state index contributed by atoms with van der Waals surface area (Å²) >= 11 is 3.49. The molecule has 0 saturated heterocycles. The quantitative estimate of drug-likeness (QED) is 0.695. The predicted molar refractivity (Wildman–Crippen MR) is 105 cm³/mol. The van der Waals surface area contributed by atoms with E-state index in [1.165, 1.54) is 0 Å². The van der Waals surface area contributed by atoms with E-state index in [2.05, 4.69) is 21.2 Å². The Hall–Kier alpha value is -1.11. The van der Waals surface area contributed by atoms with E-state index < -0.39 is 0 Å². The maximum atomic E-state index is 12.2. The molecule has 0 unspecified atom stereocenters. The van der Waals surface area contributed by atoms with Gasteiger partial charge in [-0.1, -0.05) is 40.5 Å². The van der Waals surface area contributed by atoms with Gasteiger partial charge in [-0.05, 0) is 36.9 Å². The van der Waals surface area contributed by atoms with Crippen LogP contribution in [0.4, 0.5) is 0 Å². The third kappa shape index (κ3) is 6.28. The van der Waals surface area contributed by atoms with Gasteiger partial charge in [-0.3, -0.25) is 9.59 Å². The third-order valence-corrected chi connectivity index (χ3v) is 5.50. The van der Waals surface area contributed by atoms with Crippen LogP contribution in [0.3, 0.4) is 0 Å². The minimum absolute atomic E-state index is 0. The van der Waals surface area contributed by atoms with Crippen molar-refractivity contribution in [2.75, 3.05) is 20.1 Å². The molecule has 1 aliphatic carbocycles. The molecule has 1 aliphatic rings. The summed E-state index contributed by atoms with van der Waals surface area (Å²) in [5.41, 5.74) is 6.78. The first-order valence-corrected chi connectivity index (χ1v) is 9.27. The van der Waals surface area contributed by atoms with Crippen LogP contribution < -0.4 is 11.1 Å². The summed E-state index contributed by atoms with van der Waals surface area (Å²) in [5.74, 6) is 0.374. The number of hydrogen-bond donors (Lipinski definition) is 2. The number of nitrogens with zero attached hydrogens (tertiary/aromatic N) is 1. The van der Waals surface area contributed by atoms with E-state index in [1.807, 2.05) is 24.3 Å². The molecule has 2 amide bonds. The summed E-state index contributed by atoms with van der Waals surface area (Å²) in [7, 11) is 1.78. The molecule has 0 spiro atoms. The first kappa shape index (κ1) is 21.9. The number of carbonyl (C=O) groups is 2. The van der Waals surface area contributed by atoms with Gasteiger partial charge in [-0.2, -0.15) is 0 Å². The largest absolute Gasteiger partial charge is 0.355 e. The Morgan fingerprint density at radius 2 is 2.04 bits per heavy atom. The van der Waals surface area contributed by atoms with Crippen LogP contribution in [-0.2, 0) is 16.1 Å². The van der Waals surface area contributed by atoms with Crippen molar-refractivity contribution in [1.29, 1.82) is 0 Å². The summed E-state index contributed by atoms with van der Waals surface area (Å²) in [5, 5.41) is 2.90. The van der Waals surface area contributed by atoms with Gasteiger partial charge in [0.2, 0.25) is 11.8 Å². The standard InChI is InChI=1S/C18H26BrN3O2.ClH/c1-22(12-14-5-2-3-8-16(14)19)17(23)9-10-21-18(24)15-7-4-6-13(15)11-20;/h2-3,5,8,13,15H,4,6-7,9-12,20H2,1H3,(H,21,24);1H/t13-,15-;/m1./s1. The molecular weight excluding hydrogens is 406 g/mol. The highest BCUT2D eigenvalue weighted by Crippen LogP contribution is 2.30. The fraction of sp³-hybridized carbons (Fsp3) is 0.556. The lowest BCUT2D eigenvalue weighted by atomic mass is 9.95. The second-order valence-electron chi connectivity index (χ2n) is 6.42. The van der Waals surface area contributed by atoms with Crippen LogP contribution in [0, 0.1) is 11.8 Å². The number of nitrogens with two attached hydrogens (primary N) is 1. The van der Waals surface area contributed by atoms with Crippen LogP contribution >= 0.6 is 28.3 Å². The van der Waals surface area contributed by atoms with Crippen molar-refractivity contribution in [3.63, 3.8) is 0 Å². The van der Waals surface area contributed by atoms with Crippen molar-refractivity contribution in [3.05, 3.63) is 34.3 Å². The summed E-state index contributed by atoms with van der Waals surface area (Å²) in [4.78, 5) is 26.1. The van der Waals surface area contributed by atoms with E-state index in [9.17, 15) is 9.59 Å². The molecule has 0 aromatic heterocycles. The predicted octanol–water partition coefficient (Wildman–Crippen LogP) is 2.71. The molecule has 140 valence electrons. The molecule has 1 aromatic rings. The SMILES string of the molecule is CN(Cc1ccccc1Br)C(=O)CCNC(=O)[C@@H]1CCC[C@@H]1CN.Cl.